The number of hydrogen-bond donors (Lipinski definition) is 1. The number of rotatable bonds is 8. The number of aryl methyl sites for hydroxylation is 2. The summed E-state index contributed by atoms with van der Waals surface area (Å²) in [6.45, 7) is 6.41. The minimum atomic E-state index is 0.636. The summed E-state index contributed by atoms with van der Waals surface area (Å²) in [6.07, 6.45) is 7.55. The second kappa shape index (κ2) is 7.47. The lowest BCUT2D eigenvalue weighted by Crippen LogP contribution is -2.08. The van der Waals surface area contributed by atoms with E-state index >= 15 is 0 Å². The van der Waals surface area contributed by atoms with E-state index in [2.05, 4.69) is 31.8 Å². The van der Waals surface area contributed by atoms with Crippen molar-refractivity contribution in [2.45, 2.75) is 33.2 Å². The van der Waals surface area contributed by atoms with Gasteiger partial charge < -0.3 is 14.6 Å². The van der Waals surface area contributed by atoms with Gasteiger partial charge in [-0.3, -0.25) is 0 Å². The summed E-state index contributed by atoms with van der Waals surface area (Å²) in [4.78, 5) is 12.6. The SMILES string of the molecule is CCCOc1cc(NCCCn2ccnc2)nc(C)n1. The van der Waals surface area contributed by atoms with Crippen molar-refractivity contribution in [2.24, 2.45) is 0 Å². The number of hydrogen-bond acceptors (Lipinski definition) is 5. The van der Waals surface area contributed by atoms with E-state index in [9.17, 15) is 0 Å². The fraction of sp³-hybridized carbons (Fsp3) is 0.500. The molecule has 0 spiro atoms. The van der Waals surface area contributed by atoms with Crippen molar-refractivity contribution in [3.8, 4) is 5.88 Å². The van der Waals surface area contributed by atoms with Crippen molar-refractivity contribution in [3.63, 3.8) is 0 Å². The first kappa shape index (κ1) is 14.3. The molecule has 2 heterocycles. The molecule has 0 radical (unpaired) electrons. The Kier molecular flexibility index (Phi) is 5.34. The predicted octanol–water partition coefficient (Wildman–Crippen LogP) is 2.27. The van der Waals surface area contributed by atoms with E-state index in [1.165, 1.54) is 0 Å². The highest BCUT2D eigenvalue weighted by atomic mass is 16.5. The molecule has 0 bridgehead atoms. The highest BCUT2D eigenvalue weighted by Crippen LogP contribution is 2.13. The van der Waals surface area contributed by atoms with Crippen LogP contribution in [0.3, 0.4) is 0 Å². The average Bonchev–Trinajstić information content (AvgIpc) is 2.94. The van der Waals surface area contributed by atoms with Gasteiger partial charge in [0.2, 0.25) is 5.88 Å². The van der Waals surface area contributed by atoms with Crippen LogP contribution in [-0.2, 0) is 6.54 Å². The first-order valence-electron chi connectivity index (χ1n) is 6.96. The van der Waals surface area contributed by atoms with Gasteiger partial charge in [0.1, 0.15) is 11.6 Å². The van der Waals surface area contributed by atoms with E-state index in [1.807, 2.05) is 25.5 Å². The number of nitrogens with zero attached hydrogens (tertiary/aromatic N) is 4. The lowest BCUT2D eigenvalue weighted by Gasteiger charge is -2.09. The van der Waals surface area contributed by atoms with Crippen molar-refractivity contribution in [1.82, 2.24) is 19.5 Å². The highest BCUT2D eigenvalue weighted by molar-refractivity contribution is 5.38. The summed E-state index contributed by atoms with van der Waals surface area (Å²) in [5, 5.41) is 3.30. The molecule has 2 aromatic rings. The minimum absolute atomic E-state index is 0.636. The Morgan fingerprint density at radius 1 is 1.35 bits per heavy atom. The number of anilines is 1. The quantitative estimate of drug-likeness (QED) is 0.749. The number of imidazole rings is 1. The summed E-state index contributed by atoms with van der Waals surface area (Å²) in [6, 6.07) is 1.85. The molecular formula is C14H21N5O. The van der Waals surface area contributed by atoms with E-state index in [0.717, 1.165) is 37.6 Å². The molecule has 0 aliphatic heterocycles. The zero-order valence-electron chi connectivity index (χ0n) is 12.0. The average molecular weight is 275 g/mol. The smallest absolute Gasteiger partial charge is 0.218 e. The summed E-state index contributed by atoms with van der Waals surface area (Å²) < 4.78 is 7.60. The Morgan fingerprint density at radius 2 is 2.25 bits per heavy atom. The molecule has 1 N–H and O–H groups in total. The molecule has 0 atom stereocenters. The lowest BCUT2D eigenvalue weighted by molar-refractivity contribution is 0.304. The van der Waals surface area contributed by atoms with Gasteiger partial charge in [0.25, 0.3) is 0 Å². The van der Waals surface area contributed by atoms with Crippen molar-refractivity contribution in [1.29, 1.82) is 0 Å². The molecule has 0 aliphatic carbocycles. The number of nitrogens with one attached hydrogen (secondary N) is 1. The van der Waals surface area contributed by atoms with Gasteiger partial charge in [0, 0.05) is 31.5 Å². The van der Waals surface area contributed by atoms with Crippen LogP contribution in [0.25, 0.3) is 0 Å². The number of aromatic nitrogens is 4. The fourth-order valence-electron chi connectivity index (χ4n) is 1.81. The largest absolute Gasteiger partial charge is 0.478 e. The van der Waals surface area contributed by atoms with Crippen molar-refractivity contribution >= 4 is 5.82 Å². The van der Waals surface area contributed by atoms with Crippen molar-refractivity contribution in [2.75, 3.05) is 18.5 Å². The minimum Gasteiger partial charge on any atom is -0.478 e. The third-order valence-corrected chi connectivity index (χ3v) is 2.73. The molecular weight excluding hydrogens is 254 g/mol. The van der Waals surface area contributed by atoms with E-state index in [1.54, 1.807) is 6.20 Å². The second-order valence-corrected chi connectivity index (χ2v) is 4.57. The van der Waals surface area contributed by atoms with Gasteiger partial charge in [0.15, 0.2) is 0 Å². The molecule has 0 aliphatic rings. The Bertz CT molecular complexity index is 512. The lowest BCUT2D eigenvalue weighted by atomic mass is 10.4. The highest BCUT2D eigenvalue weighted by Gasteiger charge is 2.02. The van der Waals surface area contributed by atoms with Gasteiger partial charge in [0.05, 0.1) is 12.9 Å². The molecule has 0 amide bonds. The maximum atomic E-state index is 5.54. The summed E-state index contributed by atoms with van der Waals surface area (Å²) in [7, 11) is 0. The van der Waals surface area contributed by atoms with Crippen LogP contribution in [0.2, 0.25) is 0 Å². The van der Waals surface area contributed by atoms with Crippen LogP contribution in [0, 0.1) is 6.92 Å². The molecule has 108 valence electrons. The van der Waals surface area contributed by atoms with Gasteiger partial charge in [-0.1, -0.05) is 6.92 Å². The van der Waals surface area contributed by atoms with Crippen LogP contribution in [0.1, 0.15) is 25.6 Å². The molecule has 0 fully saturated rings. The van der Waals surface area contributed by atoms with E-state index < -0.39 is 0 Å². The van der Waals surface area contributed by atoms with Gasteiger partial charge in [-0.25, -0.2) is 9.97 Å². The molecule has 0 saturated carbocycles. The zero-order chi connectivity index (χ0) is 14.2. The Balaban J connectivity index is 1.80. The third kappa shape index (κ3) is 4.53. The second-order valence-electron chi connectivity index (χ2n) is 4.57. The van der Waals surface area contributed by atoms with Crippen LogP contribution < -0.4 is 10.1 Å². The topological polar surface area (TPSA) is 64.9 Å². The molecule has 0 saturated heterocycles. The van der Waals surface area contributed by atoms with Crippen LogP contribution in [-0.4, -0.2) is 32.7 Å². The van der Waals surface area contributed by atoms with E-state index in [-0.39, 0.29) is 0 Å². The van der Waals surface area contributed by atoms with E-state index in [0.29, 0.717) is 12.5 Å². The Hall–Kier alpha value is -2.11. The molecule has 20 heavy (non-hydrogen) atoms. The van der Waals surface area contributed by atoms with Crippen LogP contribution in [0.5, 0.6) is 5.88 Å². The third-order valence-electron chi connectivity index (χ3n) is 2.73. The summed E-state index contributed by atoms with van der Waals surface area (Å²) >= 11 is 0. The molecule has 0 aromatic carbocycles. The van der Waals surface area contributed by atoms with Gasteiger partial charge in [-0.15, -0.1) is 0 Å². The van der Waals surface area contributed by atoms with Gasteiger partial charge in [-0.2, -0.15) is 4.98 Å². The van der Waals surface area contributed by atoms with Crippen LogP contribution in [0.4, 0.5) is 5.82 Å². The first-order chi connectivity index (χ1) is 9.78. The normalized spacial score (nSPS) is 10.5. The monoisotopic (exact) mass is 275 g/mol. The summed E-state index contributed by atoms with van der Waals surface area (Å²) in [5.41, 5.74) is 0. The molecule has 0 unspecified atom stereocenters. The van der Waals surface area contributed by atoms with Crippen LogP contribution in [0.15, 0.2) is 24.8 Å². The standard InChI is InChI=1S/C14H21N5O/c1-3-9-20-14-10-13(17-12(2)18-14)16-5-4-7-19-8-6-15-11-19/h6,8,10-11H,3-5,7,9H2,1-2H3,(H,16,17,18). The van der Waals surface area contributed by atoms with Crippen LogP contribution >= 0.6 is 0 Å². The Labute approximate surface area is 119 Å². The van der Waals surface area contributed by atoms with Gasteiger partial charge in [-0.05, 0) is 19.8 Å². The van der Waals surface area contributed by atoms with Crippen molar-refractivity contribution in [3.05, 3.63) is 30.6 Å². The zero-order valence-corrected chi connectivity index (χ0v) is 12.0. The first-order valence-corrected chi connectivity index (χ1v) is 6.96. The summed E-state index contributed by atoms with van der Waals surface area (Å²) in [5.74, 6) is 2.17. The Morgan fingerprint density at radius 3 is 3.00 bits per heavy atom. The molecule has 6 nitrogen and oxygen atoms in total. The maximum Gasteiger partial charge on any atom is 0.218 e. The fourth-order valence-corrected chi connectivity index (χ4v) is 1.81. The molecule has 2 rings (SSSR count). The predicted molar refractivity (Wildman–Crippen MR) is 77.9 cm³/mol. The van der Waals surface area contributed by atoms with E-state index in [4.69, 9.17) is 4.74 Å². The maximum absolute atomic E-state index is 5.54. The molecule has 2 aromatic heterocycles. The van der Waals surface area contributed by atoms with Crippen molar-refractivity contribution < 1.29 is 4.74 Å². The molecule has 6 heteroatoms. The van der Waals surface area contributed by atoms with Gasteiger partial charge >= 0.3 is 0 Å². The number of ether oxygens (including phenoxy) is 1.